The predicted molar refractivity (Wildman–Crippen MR) is 219 cm³/mol. The summed E-state index contributed by atoms with van der Waals surface area (Å²) in [7, 11) is 0. The van der Waals surface area contributed by atoms with Crippen molar-refractivity contribution in [3.63, 3.8) is 0 Å². The molecule has 1 atom stereocenters. The molecule has 6 aliphatic rings. The number of carbonyl (C=O) groups is 5. The van der Waals surface area contributed by atoms with Gasteiger partial charge in [0.15, 0.2) is 0 Å². The number of fused-ring (bicyclic) bond motifs is 2. The molecule has 5 amide bonds. The molecule has 5 aliphatic heterocycles. The molecule has 4 fully saturated rings. The number of nitrogens with one attached hydrogen (secondary N) is 1. The number of ether oxygens (including phenoxy) is 1. The van der Waals surface area contributed by atoms with E-state index < -0.39 is 29.7 Å². The Morgan fingerprint density at radius 2 is 1.47 bits per heavy atom. The molecule has 1 unspecified atom stereocenters. The number of imide groups is 2. The van der Waals surface area contributed by atoms with Gasteiger partial charge in [-0.15, -0.1) is 0 Å². The minimum atomic E-state index is -0.972. The number of amides is 5. The number of nitriles is 1. The van der Waals surface area contributed by atoms with Gasteiger partial charge in [0.05, 0.1) is 27.8 Å². The second kappa shape index (κ2) is 16.2. The molecule has 1 saturated carbocycles. The first-order valence-corrected chi connectivity index (χ1v) is 21.2. The Labute approximate surface area is 348 Å². The smallest absolute Gasteiger partial charge is 0.262 e. The third kappa shape index (κ3) is 7.68. The molecule has 1 N–H and O–H groups in total. The van der Waals surface area contributed by atoms with E-state index in [-0.39, 0.29) is 30.9 Å². The summed E-state index contributed by atoms with van der Waals surface area (Å²) in [6.45, 7) is 4.28. The molecular formula is C46H45ClN6O6. The van der Waals surface area contributed by atoms with Gasteiger partial charge >= 0.3 is 0 Å². The zero-order valence-corrected chi connectivity index (χ0v) is 33.5. The highest BCUT2D eigenvalue weighted by molar-refractivity contribution is 6.31. The predicted octanol–water partition coefficient (Wildman–Crippen LogP) is 5.69. The minimum Gasteiger partial charge on any atom is -0.490 e. The van der Waals surface area contributed by atoms with E-state index in [0.717, 1.165) is 105 Å². The van der Waals surface area contributed by atoms with Crippen molar-refractivity contribution in [1.82, 2.24) is 20.0 Å². The lowest BCUT2D eigenvalue weighted by Crippen LogP contribution is -2.54. The number of hydrogen-bond donors (Lipinski definition) is 1. The van der Waals surface area contributed by atoms with E-state index in [1.807, 2.05) is 23.1 Å². The van der Waals surface area contributed by atoms with Crippen LogP contribution in [0.25, 0.3) is 0 Å². The summed E-state index contributed by atoms with van der Waals surface area (Å²) in [5.41, 5.74) is 4.70. The highest BCUT2D eigenvalue weighted by Crippen LogP contribution is 2.35. The topological polar surface area (TPSA) is 143 Å². The van der Waals surface area contributed by atoms with Crippen LogP contribution in [0.2, 0.25) is 5.02 Å². The van der Waals surface area contributed by atoms with E-state index in [1.165, 1.54) is 0 Å². The Morgan fingerprint density at radius 1 is 0.729 bits per heavy atom. The van der Waals surface area contributed by atoms with Gasteiger partial charge in [-0.1, -0.05) is 23.4 Å². The fraction of sp³-hybridized carbons (Fsp3) is 0.435. The molecule has 1 aliphatic carbocycles. The van der Waals surface area contributed by atoms with Crippen LogP contribution in [0, 0.1) is 29.1 Å². The molecule has 12 nitrogen and oxygen atoms in total. The normalized spacial score (nSPS) is 24.0. The number of rotatable bonds is 6. The van der Waals surface area contributed by atoms with Crippen molar-refractivity contribution >= 4 is 46.8 Å². The largest absolute Gasteiger partial charge is 0.490 e. The van der Waals surface area contributed by atoms with Crippen LogP contribution in [0.5, 0.6) is 5.75 Å². The highest BCUT2D eigenvalue weighted by atomic mass is 35.5. The number of nitrogens with zero attached hydrogens (tertiary/aromatic N) is 5. The lowest BCUT2D eigenvalue weighted by molar-refractivity contribution is -0.136. The van der Waals surface area contributed by atoms with Crippen molar-refractivity contribution in [2.45, 2.75) is 95.0 Å². The van der Waals surface area contributed by atoms with Crippen LogP contribution in [-0.4, -0.2) is 94.6 Å². The number of piperidine rings is 3. The first kappa shape index (κ1) is 38.8. The van der Waals surface area contributed by atoms with Crippen LogP contribution in [0.4, 0.5) is 5.69 Å². The second-order valence-corrected chi connectivity index (χ2v) is 17.0. The Hall–Kier alpha value is -5.69. The first-order valence-electron chi connectivity index (χ1n) is 20.8. The summed E-state index contributed by atoms with van der Waals surface area (Å²) in [5, 5.41) is 11.8. The van der Waals surface area contributed by atoms with Gasteiger partial charge in [-0.2, -0.15) is 5.26 Å². The quantitative estimate of drug-likeness (QED) is 0.245. The second-order valence-electron chi connectivity index (χ2n) is 16.6. The molecular weight excluding hydrogens is 768 g/mol. The van der Waals surface area contributed by atoms with E-state index in [9.17, 15) is 24.0 Å². The minimum absolute atomic E-state index is 0.0475. The molecule has 0 spiro atoms. The van der Waals surface area contributed by atoms with Gasteiger partial charge in [-0.3, -0.25) is 34.2 Å². The Morgan fingerprint density at radius 3 is 2.20 bits per heavy atom. The van der Waals surface area contributed by atoms with E-state index in [0.29, 0.717) is 46.0 Å². The van der Waals surface area contributed by atoms with Gasteiger partial charge in [-0.05, 0) is 125 Å². The molecule has 0 aromatic heterocycles. The molecule has 3 aromatic rings. The van der Waals surface area contributed by atoms with Crippen molar-refractivity contribution in [3.05, 3.63) is 93.0 Å². The molecule has 9 rings (SSSR count). The van der Waals surface area contributed by atoms with Gasteiger partial charge in [0.1, 0.15) is 17.9 Å². The van der Waals surface area contributed by atoms with Gasteiger partial charge in [-0.25, -0.2) is 0 Å². The van der Waals surface area contributed by atoms with Crippen LogP contribution in [0.15, 0.2) is 54.6 Å². The summed E-state index contributed by atoms with van der Waals surface area (Å²) in [6, 6.07) is 18.3. The molecule has 13 heteroatoms. The molecule has 0 bridgehead atoms. The average Bonchev–Trinajstić information content (AvgIpc) is 3.71. The van der Waals surface area contributed by atoms with Crippen molar-refractivity contribution in [3.8, 4) is 23.7 Å². The lowest BCUT2D eigenvalue weighted by Gasteiger charge is -2.42. The maximum Gasteiger partial charge on any atom is 0.262 e. The molecule has 5 heterocycles. The van der Waals surface area contributed by atoms with Crippen molar-refractivity contribution < 1.29 is 28.7 Å². The zero-order valence-electron chi connectivity index (χ0n) is 32.8. The fourth-order valence-electron chi connectivity index (χ4n) is 9.78. The van der Waals surface area contributed by atoms with Crippen LogP contribution < -0.4 is 15.0 Å². The summed E-state index contributed by atoms with van der Waals surface area (Å²) >= 11 is 6.19. The van der Waals surface area contributed by atoms with E-state index in [2.05, 4.69) is 39.1 Å². The van der Waals surface area contributed by atoms with E-state index in [1.54, 1.807) is 30.3 Å². The van der Waals surface area contributed by atoms with Crippen molar-refractivity contribution in [2.24, 2.45) is 5.92 Å². The van der Waals surface area contributed by atoms with Gasteiger partial charge < -0.3 is 19.4 Å². The number of hydrogen-bond acceptors (Lipinski definition) is 9. The zero-order chi connectivity index (χ0) is 40.8. The van der Waals surface area contributed by atoms with Gasteiger partial charge in [0.25, 0.3) is 17.7 Å². The summed E-state index contributed by atoms with van der Waals surface area (Å²) in [6.07, 6.45) is 7.72. The van der Waals surface area contributed by atoms with Crippen LogP contribution in [-0.2, 0) is 16.1 Å². The number of benzene rings is 3. The Kier molecular flexibility index (Phi) is 10.6. The van der Waals surface area contributed by atoms with Gasteiger partial charge in [0.2, 0.25) is 11.8 Å². The molecule has 302 valence electrons. The average molecular weight is 813 g/mol. The van der Waals surface area contributed by atoms with Crippen LogP contribution >= 0.6 is 11.6 Å². The number of halogens is 1. The Balaban J connectivity index is 0.734. The van der Waals surface area contributed by atoms with Crippen molar-refractivity contribution in [1.29, 1.82) is 5.26 Å². The maximum atomic E-state index is 13.4. The first-order chi connectivity index (χ1) is 28.6. The Bertz CT molecular complexity index is 2340. The van der Waals surface area contributed by atoms with E-state index >= 15 is 0 Å². The number of carbonyl (C=O) groups excluding carboxylic acids is 5. The van der Waals surface area contributed by atoms with Crippen LogP contribution in [0.3, 0.4) is 0 Å². The molecule has 59 heavy (non-hydrogen) atoms. The number of anilines is 1. The summed E-state index contributed by atoms with van der Waals surface area (Å²) < 4.78 is 6.17. The summed E-state index contributed by atoms with van der Waals surface area (Å²) in [5.74, 6) is 6.09. The highest BCUT2D eigenvalue weighted by Gasteiger charge is 2.45. The third-order valence-electron chi connectivity index (χ3n) is 13.1. The van der Waals surface area contributed by atoms with Crippen LogP contribution in [0.1, 0.15) is 112 Å². The standard InChI is InChI=1S/C46H45ClN6O6/c47-40-25-36(8-4-30(40)26-48)59-35-9-5-33(6-10-35)52-27-31-23-29(3-11-37(31)44(52)56)2-1-28-15-19-50(20-16-28)32-17-21-51(22-18-32)34-7-12-38-39(24-34)46(58)53(45(38)57)41-13-14-42(54)49-43(41)55/h3-4,7-8,11-12,23-25,28,32-33,35,41H,5-6,9-10,13-22,27H2,(H,49,54,55)/t33-,35-,41?. The monoisotopic (exact) mass is 812 g/mol. The number of likely N-dealkylation sites (tertiary alicyclic amines) is 1. The van der Waals surface area contributed by atoms with Gasteiger partial charge in [0, 0.05) is 66.9 Å². The maximum absolute atomic E-state index is 13.4. The molecule has 0 radical (unpaired) electrons. The SMILES string of the molecule is N#Cc1ccc(O[C@H]2CC[C@H](N3Cc4cc(C#CC5CCN(C6CCN(c7ccc8c(c7)C(=O)N(C7CCC(=O)NC7=O)C8=O)CC6)CC5)ccc4C3=O)CC2)cc1Cl. The third-order valence-corrected chi connectivity index (χ3v) is 13.4. The fourth-order valence-corrected chi connectivity index (χ4v) is 9.99. The lowest BCUT2D eigenvalue weighted by atomic mass is 9.92. The molecule has 3 aromatic carbocycles. The molecule has 3 saturated heterocycles. The van der Waals surface area contributed by atoms with E-state index in [4.69, 9.17) is 21.6 Å². The summed E-state index contributed by atoms with van der Waals surface area (Å²) in [4.78, 5) is 71.9. The van der Waals surface area contributed by atoms with Crippen molar-refractivity contribution in [2.75, 3.05) is 31.1 Å².